The first kappa shape index (κ1) is 21.6. The van der Waals surface area contributed by atoms with Crippen molar-refractivity contribution < 1.29 is 14.3 Å². The summed E-state index contributed by atoms with van der Waals surface area (Å²) in [6.07, 6.45) is 3.26. The number of aryl methyl sites for hydroxylation is 1. The van der Waals surface area contributed by atoms with Crippen LogP contribution in [0.15, 0.2) is 60.2 Å². The molecule has 0 unspecified atom stereocenters. The lowest BCUT2D eigenvalue weighted by molar-refractivity contribution is -0.118. The zero-order valence-electron chi connectivity index (χ0n) is 16.3. The minimum Gasteiger partial charge on any atom is -0.490 e. The summed E-state index contributed by atoms with van der Waals surface area (Å²) in [5, 5.41) is 4.02. The van der Waals surface area contributed by atoms with E-state index in [4.69, 9.17) is 9.47 Å². The summed E-state index contributed by atoms with van der Waals surface area (Å²) in [5.74, 6) is 2.29. The van der Waals surface area contributed by atoms with Crippen molar-refractivity contribution in [3.05, 3.63) is 71.8 Å². The Kier molecular flexibility index (Phi) is 9.15. The summed E-state index contributed by atoms with van der Waals surface area (Å²) in [6.45, 7) is 8.54. The Morgan fingerprint density at radius 2 is 1.96 bits per heavy atom. The molecule has 0 fully saturated rings. The van der Waals surface area contributed by atoms with Crippen molar-refractivity contribution in [2.75, 3.05) is 19.0 Å². The van der Waals surface area contributed by atoms with Gasteiger partial charge in [0, 0.05) is 5.75 Å². The highest BCUT2D eigenvalue weighted by atomic mass is 32.2. The van der Waals surface area contributed by atoms with Crippen molar-refractivity contribution in [3.63, 3.8) is 0 Å². The number of nitrogens with zero attached hydrogens (tertiary/aromatic N) is 1. The molecule has 0 atom stereocenters. The van der Waals surface area contributed by atoms with Crippen LogP contribution in [0.25, 0.3) is 0 Å². The van der Waals surface area contributed by atoms with Gasteiger partial charge < -0.3 is 9.47 Å². The van der Waals surface area contributed by atoms with Gasteiger partial charge in [-0.25, -0.2) is 5.43 Å². The fourth-order valence-electron chi connectivity index (χ4n) is 2.30. The Balaban J connectivity index is 1.82. The van der Waals surface area contributed by atoms with Crippen LogP contribution in [0.1, 0.15) is 23.6 Å². The van der Waals surface area contributed by atoms with Crippen molar-refractivity contribution in [1.29, 1.82) is 0 Å². The quantitative estimate of drug-likeness (QED) is 0.347. The molecular weight excluding hydrogens is 372 g/mol. The van der Waals surface area contributed by atoms with E-state index in [1.54, 1.807) is 24.1 Å². The van der Waals surface area contributed by atoms with Gasteiger partial charge in [0.05, 0.1) is 18.6 Å². The Bertz CT molecular complexity index is 804. The minimum atomic E-state index is -0.135. The smallest absolute Gasteiger partial charge is 0.250 e. The highest BCUT2D eigenvalue weighted by Gasteiger charge is 2.06. The molecule has 6 heteroatoms. The van der Waals surface area contributed by atoms with Crippen LogP contribution in [0.5, 0.6) is 11.5 Å². The summed E-state index contributed by atoms with van der Waals surface area (Å²) in [5.41, 5.74) is 5.79. The van der Waals surface area contributed by atoms with Crippen LogP contribution in [0, 0.1) is 6.92 Å². The lowest BCUT2D eigenvalue weighted by Crippen LogP contribution is -2.19. The molecule has 28 heavy (non-hydrogen) atoms. The molecule has 148 valence electrons. The molecule has 0 heterocycles. The Labute approximate surface area is 170 Å². The number of thioether (sulfide) groups is 1. The van der Waals surface area contributed by atoms with Gasteiger partial charge in [0.15, 0.2) is 11.5 Å². The fraction of sp³-hybridized carbons (Fsp3) is 0.273. The number of amides is 1. The molecule has 2 aromatic rings. The molecule has 2 aromatic carbocycles. The van der Waals surface area contributed by atoms with E-state index >= 15 is 0 Å². The standard InChI is InChI=1S/C22H26N2O3S/c1-4-12-27-20-11-10-19(13-21(20)26-5-2)14-23-24-22(25)16-28-15-18-8-6-17(3)7-9-18/h4,6-11,13-14H,1,5,12,15-16H2,2-3H3,(H,24,25)/b23-14-. The molecule has 1 N–H and O–H groups in total. The van der Waals surface area contributed by atoms with Gasteiger partial charge in [-0.3, -0.25) is 4.79 Å². The van der Waals surface area contributed by atoms with Crippen LogP contribution in [0.2, 0.25) is 0 Å². The minimum absolute atomic E-state index is 0.135. The van der Waals surface area contributed by atoms with Gasteiger partial charge in [-0.1, -0.05) is 42.5 Å². The Morgan fingerprint density at radius 1 is 1.18 bits per heavy atom. The van der Waals surface area contributed by atoms with Crippen molar-refractivity contribution in [2.24, 2.45) is 5.10 Å². The summed E-state index contributed by atoms with van der Waals surface area (Å²) >= 11 is 1.55. The predicted molar refractivity (Wildman–Crippen MR) is 116 cm³/mol. The Hall–Kier alpha value is -2.73. The fourth-order valence-corrected chi connectivity index (χ4v) is 3.08. The number of hydrogen-bond acceptors (Lipinski definition) is 5. The van der Waals surface area contributed by atoms with Crippen LogP contribution in [0.4, 0.5) is 0 Å². The van der Waals surface area contributed by atoms with Gasteiger partial charge in [0.25, 0.3) is 0 Å². The molecule has 1 amide bonds. The van der Waals surface area contributed by atoms with E-state index in [-0.39, 0.29) is 5.91 Å². The van der Waals surface area contributed by atoms with Crippen LogP contribution in [0.3, 0.4) is 0 Å². The number of nitrogens with one attached hydrogen (secondary N) is 1. The molecule has 5 nitrogen and oxygen atoms in total. The van der Waals surface area contributed by atoms with E-state index in [2.05, 4.69) is 48.3 Å². The topological polar surface area (TPSA) is 59.9 Å². The maximum atomic E-state index is 11.9. The average molecular weight is 399 g/mol. The number of rotatable bonds is 11. The molecule has 0 spiro atoms. The zero-order chi connectivity index (χ0) is 20.2. The number of carbonyl (C=O) groups excluding carboxylic acids is 1. The third-order valence-electron chi connectivity index (χ3n) is 3.65. The van der Waals surface area contributed by atoms with Crippen LogP contribution >= 0.6 is 11.8 Å². The first-order valence-corrected chi connectivity index (χ1v) is 10.2. The van der Waals surface area contributed by atoms with Crippen molar-refractivity contribution in [1.82, 2.24) is 5.43 Å². The SMILES string of the molecule is C=CCOc1ccc(/C=N\NC(=O)CSCc2ccc(C)cc2)cc1OCC. The molecule has 0 aliphatic rings. The van der Waals surface area contributed by atoms with E-state index < -0.39 is 0 Å². The summed E-state index contributed by atoms with van der Waals surface area (Å²) in [7, 11) is 0. The van der Waals surface area contributed by atoms with E-state index in [9.17, 15) is 4.79 Å². The van der Waals surface area contributed by atoms with E-state index in [1.807, 2.05) is 25.1 Å². The first-order valence-electron chi connectivity index (χ1n) is 9.08. The zero-order valence-corrected chi connectivity index (χ0v) is 17.1. The van der Waals surface area contributed by atoms with Crippen LogP contribution in [-0.2, 0) is 10.5 Å². The largest absolute Gasteiger partial charge is 0.490 e. The van der Waals surface area contributed by atoms with E-state index in [0.717, 1.165) is 11.3 Å². The number of hydrogen-bond donors (Lipinski definition) is 1. The number of ether oxygens (including phenoxy) is 2. The van der Waals surface area contributed by atoms with E-state index in [1.165, 1.54) is 11.1 Å². The first-order chi connectivity index (χ1) is 13.6. The number of carbonyl (C=O) groups is 1. The highest BCUT2D eigenvalue weighted by molar-refractivity contribution is 7.99. The summed E-state index contributed by atoms with van der Waals surface area (Å²) < 4.78 is 11.2. The molecule has 0 radical (unpaired) electrons. The summed E-state index contributed by atoms with van der Waals surface area (Å²) in [4.78, 5) is 11.9. The third kappa shape index (κ3) is 7.48. The van der Waals surface area contributed by atoms with Crippen molar-refractivity contribution in [2.45, 2.75) is 19.6 Å². The molecule has 0 aliphatic heterocycles. The van der Waals surface area contributed by atoms with Gasteiger partial charge in [-0.15, -0.1) is 11.8 Å². The second kappa shape index (κ2) is 11.9. The van der Waals surface area contributed by atoms with Crippen molar-refractivity contribution >= 4 is 23.9 Å². The molecule has 0 aliphatic carbocycles. The van der Waals surface area contributed by atoms with Crippen LogP contribution < -0.4 is 14.9 Å². The average Bonchev–Trinajstić information content (AvgIpc) is 2.69. The van der Waals surface area contributed by atoms with Gasteiger partial charge in [-0.2, -0.15) is 5.10 Å². The van der Waals surface area contributed by atoms with Crippen molar-refractivity contribution in [3.8, 4) is 11.5 Å². The predicted octanol–water partition coefficient (Wildman–Crippen LogP) is 4.34. The number of hydrazone groups is 1. The lowest BCUT2D eigenvalue weighted by Gasteiger charge is -2.11. The second-order valence-corrected chi connectivity index (χ2v) is 7.00. The third-order valence-corrected chi connectivity index (χ3v) is 4.65. The molecule has 0 bridgehead atoms. The maximum absolute atomic E-state index is 11.9. The monoisotopic (exact) mass is 398 g/mol. The van der Waals surface area contributed by atoms with Gasteiger partial charge in [0.2, 0.25) is 5.91 Å². The number of benzene rings is 2. The molecule has 0 saturated carbocycles. The van der Waals surface area contributed by atoms with Gasteiger partial charge >= 0.3 is 0 Å². The lowest BCUT2D eigenvalue weighted by atomic mass is 10.2. The molecule has 2 rings (SSSR count). The van der Waals surface area contributed by atoms with E-state index in [0.29, 0.717) is 30.5 Å². The maximum Gasteiger partial charge on any atom is 0.250 e. The second-order valence-electron chi connectivity index (χ2n) is 6.01. The Morgan fingerprint density at radius 3 is 2.68 bits per heavy atom. The van der Waals surface area contributed by atoms with Gasteiger partial charge in [-0.05, 0) is 43.2 Å². The summed E-state index contributed by atoms with van der Waals surface area (Å²) in [6, 6.07) is 13.8. The van der Waals surface area contributed by atoms with Crippen LogP contribution in [-0.4, -0.2) is 31.1 Å². The molecular formula is C22H26N2O3S. The van der Waals surface area contributed by atoms with Gasteiger partial charge in [0.1, 0.15) is 6.61 Å². The highest BCUT2D eigenvalue weighted by Crippen LogP contribution is 2.28. The normalized spacial score (nSPS) is 10.6. The molecule has 0 aromatic heterocycles. The molecule has 0 saturated heterocycles.